The van der Waals surface area contributed by atoms with Crippen molar-refractivity contribution in [2.75, 3.05) is 13.1 Å². The first-order chi connectivity index (χ1) is 9.86. The van der Waals surface area contributed by atoms with E-state index in [4.69, 9.17) is 5.73 Å². The number of nitrogens with zero attached hydrogens (tertiary/aromatic N) is 1. The van der Waals surface area contributed by atoms with Gasteiger partial charge in [-0.05, 0) is 37.5 Å². The van der Waals surface area contributed by atoms with Crippen molar-refractivity contribution in [1.29, 1.82) is 0 Å². The Morgan fingerprint density at radius 2 is 1.95 bits per heavy atom. The van der Waals surface area contributed by atoms with Crippen molar-refractivity contribution in [1.82, 2.24) is 4.31 Å². The lowest BCUT2D eigenvalue weighted by Crippen LogP contribution is -2.38. The topological polar surface area (TPSA) is 97.5 Å². The van der Waals surface area contributed by atoms with E-state index in [2.05, 4.69) is 0 Å². The summed E-state index contributed by atoms with van der Waals surface area (Å²) in [5.74, 6) is -0.722. The molecule has 114 valence electrons. The van der Waals surface area contributed by atoms with E-state index < -0.39 is 15.9 Å². The van der Waals surface area contributed by atoms with Crippen molar-refractivity contribution >= 4 is 22.2 Å². The maximum absolute atomic E-state index is 12.6. The summed E-state index contributed by atoms with van der Waals surface area (Å²) >= 11 is 0. The summed E-state index contributed by atoms with van der Waals surface area (Å²) in [6.45, 7) is 2.32. The molecule has 1 fully saturated rings. The maximum atomic E-state index is 12.6. The van der Waals surface area contributed by atoms with Crippen molar-refractivity contribution in [3.8, 4) is 0 Å². The summed E-state index contributed by atoms with van der Waals surface area (Å²) in [5.41, 5.74) is 6.10. The fraction of sp³-hybridized carbons (Fsp3) is 0.429. The number of aldehydes is 1. The third kappa shape index (κ3) is 3.14. The second-order valence-corrected chi connectivity index (χ2v) is 7.16. The molecule has 1 heterocycles. The highest BCUT2D eigenvalue weighted by atomic mass is 32.2. The van der Waals surface area contributed by atoms with Crippen LogP contribution >= 0.6 is 0 Å². The van der Waals surface area contributed by atoms with Crippen molar-refractivity contribution < 1.29 is 18.0 Å². The Bertz CT molecular complexity index is 662. The summed E-state index contributed by atoms with van der Waals surface area (Å²) in [6, 6.07) is 4.37. The van der Waals surface area contributed by atoms with Gasteiger partial charge in [-0.3, -0.25) is 4.79 Å². The molecule has 0 radical (unpaired) electrons. The van der Waals surface area contributed by atoms with Gasteiger partial charge < -0.3 is 10.5 Å². The fourth-order valence-electron chi connectivity index (χ4n) is 2.43. The van der Waals surface area contributed by atoms with E-state index >= 15 is 0 Å². The van der Waals surface area contributed by atoms with E-state index in [1.54, 1.807) is 13.0 Å². The average molecular weight is 310 g/mol. The molecule has 21 heavy (non-hydrogen) atoms. The highest BCUT2D eigenvalue weighted by Gasteiger charge is 2.29. The largest absolute Gasteiger partial charge is 0.366 e. The first kappa shape index (κ1) is 15.7. The molecule has 1 saturated heterocycles. The molecule has 1 aromatic rings. The van der Waals surface area contributed by atoms with Crippen molar-refractivity contribution in [2.24, 2.45) is 11.7 Å². The standard InChI is InChI=1S/C14H18N2O4S/c1-10-2-3-12(8-13(10)14(15)18)21(19,20)16-6-4-11(9-17)5-7-16/h2-3,8-9,11H,4-7H2,1H3,(H2,15,18). The van der Waals surface area contributed by atoms with Crippen LogP contribution in [0.3, 0.4) is 0 Å². The Labute approximate surface area is 124 Å². The molecular formula is C14H18N2O4S. The second kappa shape index (κ2) is 5.95. The molecule has 2 rings (SSSR count). The van der Waals surface area contributed by atoms with Crippen molar-refractivity contribution in [3.05, 3.63) is 29.3 Å². The average Bonchev–Trinajstić information content (AvgIpc) is 2.47. The first-order valence-corrected chi connectivity index (χ1v) is 8.16. The fourth-order valence-corrected chi connectivity index (χ4v) is 3.92. The lowest BCUT2D eigenvalue weighted by atomic mass is 10.0. The molecule has 0 unspecified atom stereocenters. The van der Waals surface area contributed by atoms with E-state index in [1.807, 2.05) is 0 Å². The summed E-state index contributed by atoms with van der Waals surface area (Å²) in [6.07, 6.45) is 1.93. The zero-order valence-corrected chi connectivity index (χ0v) is 12.6. The first-order valence-electron chi connectivity index (χ1n) is 6.72. The van der Waals surface area contributed by atoms with Crippen molar-refractivity contribution in [2.45, 2.75) is 24.7 Å². The van der Waals surface area contributed by atoms with Crippen LogP contribution in [0.5, 0.6) is 0 Å². The Morgan fingerprint density at radius 1 is 1.33 bits per heavy atom. The van der Waals surface area contributed by atoms with Gasteiger partial charge in [0.15, 0.2) is 0 Å². The highest BCUT2D eigenvalue weighted by molar-refractivity contribution is 7.89. The van der Waals surface area contributed by atoms with Gasteiger partial charge in [-0.2, -0.15) is 4.31 Å². The molecule has 2 N–H and O–H groups in total. The number of hydrogen-bond donors (Lipinski definition) is 1. The summed E-state index contributed by atoms with van der Waals surface area (Å²) < 4.78 is 26.5. The van der Waals surface area contributed by atoms with Gasteiger partial charge in [0, 0.05) is 24.6 Å². The minimum absolute atomic E-state index is 0.0615. The molecule has 0 aliphatic carbocycles. The summed E-state index contributed by atoms with van der Waals surface area (Å²) in [4.78, 5) is 22.1. The predicted molar refractivity (Wildman–Crippen MR) is 77.2 cm³/mol. The monoisotopic (exact) mass is 310 g/mol. The second-order valence-electron chi connectivity index (χ2n) is 5.22. The number of hydrogen-bond acceptors (Lipinski definition) is 4. The third-order valence-electron chi connectivity index (χ3n) is 3.80. The van der Waals surface area contributed by atoms with Gasteiger partial charge >= 0.3 is 0 Å². The number of sulfonamides is 1. The van der Waals surface area contributed by atoms with E-state index in [-0.39, 0.29) is 16.4 Å². The van der Waals surface area contributed by atoms with Crippen LogP contribution in [-0.2, 0) is 14.8 Å². The molecule has 0 saturated carbocycles. The SMILES string of the molecule is Cc1ccc(S(=O)(=O)N2CCC(C=O)CC2)cc1C(N)=O. The summed E-state index contributed by atoms with van der Waals surface area (Å²) in [5, 5.41) is 0. The van der Waals surface area contributed by atoms with Crippen LogP contribution in [0.2, 0.25) is 0 Å². The van der Waals surface area contributed by atoms with Gasteiger partial charge in [0.25, 0.3) is 0 Å². The molecule has 0 atom stereocenters. The number of carbonyl (C=O) groups excluding carboxylic acids is 2. The van der Waals surface area contributed by atoms with E-state index in [0.29, 0.717) is 31.5 Å². The number of amides is 1. The quantitative estimate of drug-likeness (QED) is 0.827. The van der Waals surface area contributed by atoms with Gasteiger partial charge in [-0.25, -0.2) is 8.42 Å². The van der Waals surface area contributed by atoms with E-state index in [0.717, 1.165) is 6.29 Å². The van der Waals surface area contributed by atoms with Crippen LogP contribution in [0.1, 0.15) is 28.8 Å². The minimum Gasteiger partial charge on any atom is -0.366 e. The molecule has 0 bridgehead atoms. The van der Waals surface area contributed by atoms with Crippen molar-refractivity contribution in [3.63, 3.8) is 0 Å². The molecule has 6 nitrogen and oxygen atoms in total. The van der Waals surface area contributed by atoms with Crippen LogP contribution < -0.4 is 5.73 Å². The molecule has 0 spiro atoms. The normalized spacial score (nSPS) is 17.6. The number of piperidine rings is 1. The molecule has 1 aliphatic rings. The van der Waals surface area contributed by atoms with Crippen LogP contribution in [-0.4, -0.2) is 38.0 Å². The number of carbonyl (C=O) groups is 2. The van der Waals surface area contributed by atoms with Crippen LogP contribution in [0.25, 0.3) is 0 Å². The van der Waals surface area contributed by atoms with Crippen LogP contribution in [0, 0.1) is 12.8 Å². The molecular weight excluding hydrogens is 292 g/mol. The van der Waals surface area contributed by atoms with Crippen LogP contribution in [0.15, 0.2) is 23.1 Å². The number of primary amides is 1. The Balaban J connectivity index is 2.30. The van der Waals surface area contributed by atoms with Gasteiger partial charge in [-0.1, -0.05) is 6.07 Å². The number of benzene rings is 1. The maximum Gasteiger partial charge on any atom is 0.249 e. The minimum atomic E-state index is -3.66. The Morgan fingerprint density at radius 3 is 2.48 bits per heavy atom. The lowest BCUT2D eigenvalue weighted by Gasteiger charge is -2.28. The molecule has 7 heteroatoms. The molecule has 1 amide bonds. The Kier molecular flexibility index (Phi) is 4.43. The van der Waals surface area contributed by atoms with E-state index in [1.165, 1.54) is 16.4 Å². The van der Waals surface area contributed by atoms with Gasteiger partial charge in [0.2, 0.25) is 15.9 Å². The molecule has 1 aromatic carbocycles. The zero-order chi connectivity index (χ0) is 15.6. The smallest absolute Gasteiger partial charge is 0.249 e. The number of nitrogens with two attached hydrogens (primary N) is 1. The van der Waals surface area contributed by atoms with Gasteiger partial charge in [-0.15, -0.1) is 0 Å². The van der Waals surface area contributed by atoms with E-state index in [9.17, 15) is 18.0 Å². The highest BCUT2D eigenvalue weighted by Crippen LogP contribution is 2.24. The molecule has 1 aliphatic heterocycles. The number of rotatable bonds is 4. The molecule has 0 aromatic heterocycles. The summed E-state index contributed by atoms with van der Waals surface area (Å²) in [7, 11) is -3.66. The Hall–Kier alpha value is -1.73. The number of aryl methyl sites for hydroxylation is 1. The zero-order valence-electron chi connectivity index (χ0n) is 11.8. The van der Waals surface area contributed by atoms with Gasteiger partial charge in [0.05, 0.1) is 4.90 Å². The van der Waals surface area contributed by atoms with Crippen LogP contribution in [0.4, 0.5) is 0 Å². The predicted octanol–water partition coefficient (Wildman–Crippen LogP) is 0.694. The lowest BCUT2D eigenvalue weighted by molar-refractivity contribution is -0.112. The van der Waals surface area contributed by atoms with Gasteiger partial charge in [0.1, 0.15) is 6.29 Å². The third-order valence-corrected chi connectivity index (χ3v) is 5.70.